The van der Waals surface area contributed by atoms with Crippen molar-refractivity contribution in [3.8, 4) is 17.3 Å². The number of aliphatic hydroxyl groups is 1. The summed E-state index contributed by atoms with van der Waals surface area (Å²) in [6.07, 6.45) is 2.19. The zero-order valence-corrected chi connectivity index (χ0v) is 17.5. The molecule has 2 aromatic heterocycles. The molecule has 0 saturated heterocycles. The summed E-state index contributed by atoms with van der Waals surface area (Å²) < 4.78 is 42.7. The van der Waals surface area contributed by atoms with E-state index in [2.05, 4.69) is 20.4 Å². The number of rotatable bonds is 8. The van der Waals surface area contributed by atoms with Crippen LogP contribution in [0.5, 0.6) is 5.75 Å². The smallest absolute Gasteiger partial charge is 0.223 e. The molecule has 1 fully saturated rings. The summed E-state index contributed by atoms with van der Waals surface area (Å²) in [7, 11) is -3.93. The average molecular weight is 448 g/mol. The van der Waals surface area contributed by atoms with Crippen LogP contribution in [0.1, 0.15) is 31.0 Å². The van der Waals surface area contributed by atoms with Crippen molar-refractivity contribution in [1.29, 1.82) is 0 Å². The van der Waals surface area contributed by atoms with Crippen LogP contribution in [-0.4, -0.2) is 50.6 Å². The van der Waals surface area contributed by atoms with Crippen LogP contribution in [0, 0.1) is 5.82 Å². The summed E-state index contributed by atoms with van der Waals surface area (Å²) in [4.78, 5) is 5.46. The van der Waals surface area contributed by atoms with Crippen molar-refractivity contribution in [2.24, 2.45) is 5.14 Å². The van der Waals surface area contributed by atoms with Gasteiger partial charge in [-0.3, -0.25) is 0 Å². The standard InChI is InChI=1S/C19H21FN6O4S/c1-19(27,11-31(21,28)29)17-4-2-3-16(22-17)18-23-25-26(24-18)10-12-9-14(7-8-15(12)20)30-13-5-6-13/h2-4,7-9,13,27H,5-6,10-11H2,1H3,(H2,21,28,29). The van der Waals surface area contributed by atoms with Crippen LogP contribution in [0.15, 0.2) is 36.4 Å². The number of halogens is 1. The highest BCUT2D eigenvalue weighted by molar-refractivity contribution is 7.89. The van der Waals surface area contributed by atoms with E-state index in [1.165, 1.54) is 23.9 Å². The van der Waals surface area contributed by atoms with Crippen LogP contribution in [0.3, 0.4) is 0 Å². The van der Waals surface area contributed by atoms with Gasteiger partial charge in [0.1, 0.15) is 22.9 Å². The molecule has 4 rings (SSSR count). The normalized spacial score (nSPS) is 16.1. The van der Waals surface area contributed by atoms with Crippen LogP contribution in [0.4, 0.5) is 4.39 Å². The molecule has 3 aromatic rings. The first kappa shape index (κ1) is 21.3. The molecular weight excluding hydrogens is 427 g/mol. The average Bonchev–Trinajstić information content (AvgIpc) is 3.37. The first-order valence-electron chi connectivity index (χ1n) is 9.53. The van der Waals surface area contributed by atoms with Gasteiger partial charge in [0, 0.05) is 5.56 Å². The molecule has 0 amide bonds. The van der Waals surface area contributed by atoms with Gasteiger partial charge in [0.2, 0.25) is 15.8 Å². The van der Waals surface area contributed by atoms with Gasteiger partial charge in [-0.1, -0.05) is 6.07 Å². The van der Waals surface area contributed by atoms with Crippen LogP contribution >= 0.6 is 0 Å². The van der Waals surface area contributed by atoms with Crippen molar-refractivity contribution in [2.45, 2.75) is 38.0 Å². The highest BCUT2D eigenvalue weighted by Gasteiger charge is 2.30. The molecule has 1 aliphatic rings. The molecule has 164 valence electrons. The number of aromatic nitrogens is 5. The van der Waals surface area contributed by atoms with Crippen molar-refractivity contribution in [3.05, 3.63) is 53.5 Å². The topological polar surface area (TPSA) is 146 Å². The van der Waals surface area contributed by atoms with Crippen LogP contribution in [-0.2, 0) is 22.2 Å². The van der Waals surface area contributed by atoms with Gasteiger partial charge < -0.3 is 9.84 Å². The summed E-state index contributed by atoms with van der Waals surface area (Å²) >= 11 is 0. The minimum absolute atomic E-state index is 0.0313. The number of pyridine rings is 1. The van der Waals surface area contributed by atoms with Crippen molar-refractivity contribution < 1.29 is 22.7 Å². The Kier molecular flexibility index (Phi) is 5.45. The van der Waals surface area contributed by atoms with Crippen molar-refractivity contribution in [1.82, 2.24) is 25.2 Å². The third kappa shape index (κ3) is 5.40. The Bertz CT molecular complexity index is 1210. The highest BCUT2D eigenvalue weighted by atomic mass is 32.2. The molecule has 0 spiro atoms. The largest absolute Gasteiger partial charge is 0.490 e. The molecule has 1 saturated carbocycles. The van der Waals surface area contributed by atoms with E-state index in [1.54, 1.807) is 24.3 Å². The van der Waals surface area contributed by atoms with Crippen molar-refractivity contribution in [3.63, 3.8) is 0 Å². The zero-order chi connectivity index (χ0) is 22.2. The molecule has 2 heterocycles. The van der Waals surface area contributed by atoms with Gasteiger partial charge in [0.25, 0.3) is 0 Å². The summed E-state index contributed by atoms with van der Waals surface area (Å²) in [6.45, 7) is 1.33. The van der Waals surface area contributed by atoms with Gasteiger partial charge in [0.05, 0.1) is 24.1 Å². The number of ether oxygens (including phenoxy) is 1. The molecule has 12 heteroatoms. The quantitative estimate of drug-likeness (QED) is 0.518. The minimum Gasteiger partial charge on any atom is -0.490 e. The van der Waals surface area contributed by atoms with Gasteiger partial charge in [-0.2, -0.15) is 4.80 Å². The molecule has 10 nitrogen and oxygen atoms in total. The number of hydrogen-bond acceptors (Lipinski definition) is 8. The lowest BCUT2D eigenvalue weighted by atomic mass is 10.0. The monoisotopic (exact) mass is 448 g/mol. The number of nitrogens with two attached hydrogens (primary N) is 1. The van der Waals surface area contributed by atoms with Crippen molar-refractivity contribution in [2.75, 3.05) is 5.75 Å². The minimum atomic E-state index is -3.93. The third-order valence-corrected chi connectivity index (χ3v) is 5.59. The lowest BCUT2D eigenvalue weighted by Crippen LogP contribution is -2.35. The van der Waals surface area contributed by atoms with Gasteiger partial charge in [0.15, 0.2) is 0 Å². The highest BCUT2D eigenvalue weighted by Crippen LogP contribution is 2.28. The van der Waals surface area contributed by atoms with Crippen LogP contribution in [0.25, 0.3) is 11.5 Å². The fourth-order valence-corrected chi connectivity index (χ4v) is 3.95. The SMILES string of the molecule is CC(O)(CS(N)(=O)=O)c1cccc(-c2nnn(Cc3cc(OC4CC4)ccc3F)n2)n1. The van der Waals surface area contributed by atoms with E-state index in [-0.39, 0.29) is 29.9 Å². The number of nitrogens with zero attached hydrogens (tertiary/aromatic N) is 5. The maximum atomic E-state index is 14.2. The second-order valence-corrected chi connectivity index (χ2v) is 9.32. The Morgan fingerprint density at radius 2 is 2.10 bits per heavy atom. The molecule has 1 unspecified atom stereocenters. The molecule has 0 radical (unpaired) electrons. The second kappa shape index (κ2) is 7.94. The molecule has 1 atom stereocenters. The maximum absolute atomic E-state index is 14.2. The predicted octanol–water partition coefficient (Wildman–Crippen LogP) is 0.960. The third-order valence-electron chi connectivity index (χ3n) is 4.62. The summed E-state index contributed by atoms with van der Waals surface area (Å²) in [5.74, 6) is -0.388. The second-order valence-electron chi connectivity index (χ2n) is 7.70. The van der Waals surface area contributed by atoms with E-state index < -0.39 is 27.2 Å². The molecule has 0 aliphatic heterocycles. The number of benzene rings is 1. The molecule has 1 aliphatic carbocycles. The summed E-state index contributed by atoms with van der Waals surface area (Å²) in [5.41, 5.74) is -1.10. The van der Waals surface area contributed by atoms with Gasteiger partial charge in [-0.15, -0.1) is 10.2 Å². The Morgan fingerprint density at radius 3 is 2.81 bits per heavy atom. The Morgan fingerprint density at radius 1 is 1.32 bits per heavy atom. The number of primary sulfonamides is 1. The van der Waals surface area contributed by atoms with Gasteiger partial charge in [-0.25, -0.2) is 22.9 Å². The summed E-state index contributed by atoms with van der Waals surface area (Å²) in [6, 6.07) is 9.17. The van der Waals surface area contributed by atoms with E-state index in [9.17, 15) is 17.9 Å². The predicted molar refractivity (Wildman–Crippen MR) is 108 cm³/mol. The molecule has 0 bridgehead atoms. The lowest BCUT2D eigenvalue weighted by Gasteiger charge is -2.21. The Balaban J connectivity index is 1.54. The van der Waals surface area contributed by atoms with Gasteiger partial charge >= 0.3 is 0 Å². The number of hydrogen-bond donors (Lipinski definition) is 2. The van der Waals surface area contributed by atoms with Crippen LogP contribution < -0.4 is 9.88 Å². The van der Waals surface area contributed by atoms with E-state index >= 15 is 0 Å². The number of sulfonamides is 1. The van der Waals surface area contributed by atoms with E-state index in [0.29, 0.717) is 11.3 Å². The Labute approximate surface area is 177 Å². The first-order valence-corrected chi connectivity index (χ1v) is 11.2. The van der Waals surface area contributed by atoms with E-state index in [1.807, 2.05) is 0 Å². The molecule has 31 heavy (non-hydrogen) atoms. The summed E-state index contributed by atoms with van der Waals surface area (Å²) in [5, 5.41) is 27.6. The fourth-order valence-electron chi connectivity index (χ4n) is 3.01. The molecule has 3 N–H and O–H groups in total. The number of tetrazole rings is 1. The van der Waals surface area contributed by atoms with E-state index in [0.717, 1.165) is 12.8 Å². The van der Waals surface area contributed by atoms with Crippen LogP contribution in [0.2, 0.25) is 0 Å². The first-order chi connectivity index (χ1) is 14.6. The zero-order valence-electron chi connectivity index (χ0n) is 16.6. The van der Waals surface area contributed by atoms with Crippen molar-refractivity contribution >= 4 is 10.0 Å². The fraction of sp³-hybridized carbons (Fsp3) is 0.368. The van der Waals surface area contributed by atoms with Gasteiger partial charge in [-0.05, 0) is 55.3 Å². The molecule has 1 aromatic carbocycles. The lowest BCUT2D eigenvalue weighted by molar-refractivity contribution is 0.0773. The van der Waals surface area contributed by atoms with E-state index in [4.69, 9.17) is 9.88 Å². The maximum Gasteiger partial charge on any atom is 0.223 e. The molecular formula is C19H21FN6O4S. The Hall–Kier alpha value is -2.96.